The molecule has 0 aliphatic heterocycles. The molecule has 2 nitrogen and oxygen atoms in total. The number of aliphatic hydroxyl groups is 1. The van der Waals surface area contributed by atoms with Gasteiger partial charge in [-0.2, -0.15) is 0 Å². The first kappa shape index (κ1) is 13.7. The third-order valence-electron chi connectivity index (χ3n) is 2.70. The third-order valence-corrected chi connectivity index (χ3v) is 2.70. The second-order valence-electron chi connectivity index (χ2n) is 4.01. The van der Waals surface area contributed by atoms with Gasteiger partial charge in [-0.15, -0.1) is 6.58 Å². The quantitative estimate of drug-likeness (QED) is 0.740. The first-order chi connectivity index (χ1) is 8.17. The second-order valence-corrected chi connectivity index (χ2v) is 4.01. The van der Waals surface area contributed by atoms with Gasteiger partial charge in [0.1, 0.15) is 11.6 Å². The highest BCUT2D eigenvalue weighted by molar-refractivity contribution is 5.34. The maximum absolute atomic E-state index is 13.0. The number of hydrogen-bond acceptors (Lipinski definition) is 2. The SMILES string of the molecule is C=CCCC(O)CCc1ccc(F)cc1OC. The topological polar surface area (TPSA) is 29.5 Å². The van der Waals surface area contributed by atoms with Gasteiger partial charge in [0.25, 0.3) is 0 Å². The van der Waals surface area contributed by atoms with Crippen molar-refractivity contribution in [3.8, 4) is 5.75 Å². The summed E-state index contributed by atoms with van der Waals surface area (Å²) < 4.78 is 18.1. The number of benzene rings is 1. The van der Waals surface area contributed by atoms with Crippen LogP contribution >= 0.6 is 0 Å². The number of aryl methyl sites for hydroxylation is 1. The van der Waals surface area contributed by atoms with Gasteiger partial charge in [0.15, 0.2) is 0 Å². The van der Waals surface area contributed by atoms with E-state index in [1.165, 1.54) is 19.2 Å². The van der Waals surface area contributed by atoms with E-state index in [4.69, 9.17) is 4.74 Å². The molecule has 1 aromatic carbocycles. The van der Waals surface area contributed by atoms with Crippen LogP contribution in [0.2, 0.25) is 0 Å². The average molecular weight is 238 g/mol. The van der Waals surface area contributed by atoms with Crippen LogP contribution in [0.5, 0.6) is 5.75 Å². The van der Waals surface area contributed by atoms with E-state index < -0.39 is 0 Å². The van der Waals surface area contributed by atoms with Crippen LogP contribution in [0, 0.1) is 5.82 Å². The van der Waals surface area contributed by atoms with Crippen molar-refractivity contribution in [1.29, 1.82) is 0 Å². The molecule has 1 N–H and O–H groups in total. The summed E-state index contributed by atoms with van der Waals surface area (Å²) in [5.74, 6) is 0.235. The first-order valence-corrected chi connectivity index (χ1v) is 5.78. The van der Waals surface area contributed by atoms with Crippen molar-refractivity contribution in [2.24, 2.45) is 0 Å². The van der Waals surface area contributed by atoms with Crippen LogP contribution in [0.3, 0.4) is 0 Å². The zero-order chi connectivity index (χ0) is 12.7. The van der Waals surface area contributed by atoms with Gasteiger partial charge in [0, 0.05) is 6.07 Å². The number of hydrogen-bond donors (Lipinski definition) is 1. The van der Waals surface area contributed by atoms with Crippen molar-refractivity contribution in [3.05, 3.63) is 42.2 Å². The summed E-state index contributed by atoms with van der Waals surface area (Å²) in [6.45, 7) is 3.62. The molecule has 0 aromatic heterocycles. The molecular formula is C14H19FO2. The summed E-state index contributed by atoms with van der Waals surface area (Å²) in [6, 6.07) is 4.48. The lowest BCUT2D eigenvalue weighted by atomic mass is 10.0. The van der Waals surface area contributed by atoms with Crippen molar-refractivity contribution in [1.82, 2.24) is 0 Å². The fourth-order valence-corrected chi connectivity index (χ4v) is 1.70. The molecule has 0 bridgehead atoms. The van der Waals surface area contributed by atoms with Crippen molar-refractivity contribution in [3.63, 3.8) is 0 Å². The number of aliphatic hydroxyl groups excluding tert-OH is 1. The molecule has 0 fully saturated rings. The molecule has 1 rings (SSSR count). The molecule has 1 atom stereocenters. The largest absolute Gasteiger partial charge is 0.496 e. The highest BCUT2D eigenvalue weighted by Crippen LogP contribution is 2.21. The molecule has 0 heterocycles. The lowest BCUT2D eigenvalue weighted by Gasteiger charge is -2.11. The Morgan fingerprint density at radius 3 is 2.88 bits per heavy atom. The van der Waals surface area contributed by atoms with Crippen molar-refractivity contribution in [2.75, 3.05) is 7.11 Å². The van der Waals surface area contributed by atoms with E-state index in [0.29, 0.717) is 25.0 Å². The molecule has 94 valence electrons. The van der Waals surface area contributed by atoms with Gasteiger partial charge in [-0.25, -0.2) is 4.39 Å². The Labute approximate surface area is 102 Å². The normalized spacial score (nSPS) is 12.2. The predicted octanol–water partition coefficient (Wildman–Crippen LogP) is 3.09. The monoisotopic (exact) mass is 238 g/mol. The number of methoxy groups -OCH3 is 1. The Bertz CT molecular complexity index is 363. The number of halogens is 1. The van der Waals surface area contributed by atoms with Crippen LogP contribution in [0.15, 0.2) is 30.9 Å². The molecule has 0 aliphatic carbocycles. The molecule has 1 unspecified atom stereocenters. The van der Waals surface area contributed by atoms with Gasteiger partial charge < -0.3 is 9.84 Å². The fourth-order valence-electron chi connectivity index (χ4n) is 1.70. The van der Waals surface area contributed by atoms with E-state index in [0.717, 1.165) is 12.0 Å². The Hall–Kier alpha value is -1.35. The van der Waals surface area contributed by atoms with Crippen molar-refractivity contribution >= 4 is 0 Å². The fraction of sp³-hybridized carbons (Fsp3) is 0.429. The molecule has 0 radical (unpaired) electrons. The molecule has 17 heavy (non-hydrogen) atoms. The zero-order valence-electron chi connectivity index (χ0n) is 10.2. The molecule has 0 saturated heterocycles. The number of rotatable bonds is 7. The van der Waals surface area contributed by atoms with E-state index in [1.807, 2.05) is 0 Å². The van der Waals surface area contributed by atoms with Crippen LogP contribution in [-0.2, 0) is 6.42 Å². The Morgan fingerprint density at radius 2 is 2.24 bits per heavy atom. The van der Waals surface area contributed by atoms with E-state index in [-0.39, 0.29) is 11.9 Å². The third kappa shape index (κ3) is 4.57. The van der Waals surface area contributed by atoms with Crippen LogP contribution in [0.1, 0.15) is 24.8 Å². The standard InChI is InChI=1S/C14H19FO2/c1-3-4-5-13(16)9-7-11-6-8-12(15)10-14(11)17-2/h3,6,8,10,13,16H,1,4-5,7,9H2,2H3. The van der Waals surface area contributed by atoms with Gasteiger partial charge in [0.2, 0.25) is 0 Å². The summed E-state index contributed by atoms with van der Waals surface area (Å²) in [5, 5.41) is 9.70. The highest BCUT2D eigenvalue weighted by Gasteiger charge is 2.08. The summed E-state index contributed by atoms with van der Waals surface area (Å²) in [5.41, 5.74) is 0.923. The van der Waals surface area contributed by atoms with Crippen LogP contribution in [0.4, 0.5) is 4.39 Å². The van der Waals surface area contributed by atoms with Gasteiger partial charge in [0.05, 0.1) is 13.2 Å². The minimum Gasteiger partial charge on any atom is -0.496 e. The molecule has 1 aromatic rings. The summed E-state index contributed by atoms with van der Waals surface area (Å²) in [7, 11) is 1.52. The van der Waals surface area contributed by atoms with E-state index in [1.54, 1.807) is 12.1 Å². The maximum Gasteiger partial charge on any atom is 0.126 e. The van der Waals surface area contributed by atoms with E-state index in [9.17, 15) is 9.50 Å². The number of allylic oxidation sites excluding steroid dienone is 1. The minimum absolute atomic E-state index is 0.308. The van der Waals surface area contributed by atoms with Gasteiger partial charge >= 0.3 is 0 Å². The second kappa shape index (κ2) is 7.07. The lowest BCUT2D eigenvalue weighted by molar-refractivity contribution is 0.156. The molecule has 3 heteroatoms. The maximum atomic E-state index is 13.0. The Balaban J connectivity index is 2.53. The summed E-state index contributed by atoms with van der Waals surface area (Å²) >= 11 is 0. The molecule has 0 spiro atoms. The smallest absolute Gasteiger partial charge is 0.126 e. The molecule has 0 amide bonds. The Kier molecular flexibility index (Phi) is 5.70. The minimum atomic E-state index is -0.345. The van der Waals surface area contributed by atoms with Crippen molar-refractivity contribution < 1.29 is 14.2 Å². The Morgan fingerprint density at radius 1 is 1.47 bits per heavy atom. The summed E-state index contributed by atoms with van der Waals surface area (Å²) in [6.07, 6.45) is 4.30. The van der Waals surface area contributed by atoms with Crippen molar-refractivity contribution in [2.45, 2.75) is 31.8 Å². The van der Waals surface area contributed by atoms with Gasteiger partial charge in [-0.3, -0.25) is 0 Å². The first-order valence-electron chi connectivity index (χ1n) is 5.78. The van der Waals surface area contributed by atoms with E-state index >= 15 is 0 Å². The van der Waals surface area contributed by atoms with Crippen LogP contribution in [-0.4, -0.2) is 18.3 Å². The summed E-state index contributed by atoms with van der Waals surface area (Å²) in [4.78, 5) is 0. The lowest BCUT2D eigenvalue weighted by Crippen LogP contribution is -2.07. The molecular weight excluding hydrogens is 219 g/mol. The molecule has 0 aliphatic rings. The average Bonchev–Trinajstić information content (AvgIpc) is 2.34. The van der Waals surface area contributed by atoms with E-state index in [2.05, 4.69) is 6.58 Å². The van der Waals surface area contributed by atoms with Crippen LogP contribution in [0.25, 0.3) is 0 Å². The van der Waals surface area contributed by atoms with Crippen LogP contribution < -0.4 is 4.74 Å². The van der Waals surface area contributed by atoms with Gasteiger partial charge in [-0.1, -0.05) is 12.1 Å². The number of ether oxygens (including phenoxy) is 1. The zero-order valence-corrected chi connectivity index (χ0v) is 10.2. The highest BCUT2D eigenvalue weighted by atomic mass is 19.1. The molecule has 0 saturated carbocycles. The van der Waals surface area contributed by atoms with Gasteiger partial charge in [-0.05, 0) is 37.3 Å². The predicted molar refractivity (Wildman–Crippen MR) is 66.7 cm³/mol.